The van der Waals surface area contributed by atoms with Gasteiger partial charge in [0, 0.05) is 25.0 Å². The van der Waals surface area contributed by atoms with Crippen LogP contribution in [-0.2, 0) is 6.42 Å². The Bertz CT molecular complexity index is 1010. The highest BCUT2D eigenvalue weighted by Gasteiger charge is 2.30. The first-order valence-corrected chi connectivity index (χ1v) is 9.87. The number of amides is 1. The van der Waals surface area contributed by atoms with Crippen LogP contribution < -0.4 is 0 Å². The van der Waals surface area contributed by atoms with Crippen molar-refractivity contribution in [1.29, 1.82) is 0 Å². The molecule has 0 bridgehead atoms. The Morgan fingerprint density at radius 2 is 2.10 bits per heavy atom. The number of hydrogen-bond donors (Lipinski definition) is 0. The molecule has 29 heavy (non-hydrogen) atoms. The predicted molar refractivity (Wildman–Crippen MR) is 106 cm³/mol. The van der Waals surface area contributed by atoms with Crippen molar-refractivity contribution in [3.05, 3.63) is 53.3 Å². The molecular formula is C21H24N6O2. The maximum atomic E-state index is 12.9. The van der Waals surface area contributed by atoms with Gasteiger partial charge in [0.05, 0.1) is 28.8 Å². The van der Waals surface area contributed by atoms with E-state index in [0.29, 0.717) is 11.5 Å². The highest BCUT2D eigenvalue weighted by atomic mass is 16.5. The quantitative estimate of drug-likeness (QED) is 0.658. The van der Waals surface area contributed by atoms with Crippen molar-refractivity contribution in [2.24, 2.45) is 0 Å². The molecule has 1 saturated heterocycles. The number of nitrogens with zero attached hydrogens (tertiary/aromatic N) is 6. The number of carbonyl (C=O) groups is 1. The standard InChI is InChI=1S/C21H24N6O2/c1-13-20(14(2)29-26-13)19-12-22-11-16(25-19)6-7-17-5-4-10-27(17)21(28)18-8-9-23-15(3)24-18/h8-9,11-12,17H,4-7,10H2,1-3H3/t17-/m1/s1. The van der Waals surface area contributed by atoms with Crippen LogP contribution in [0.25, 0.3) is 11.3 Å². The van der Waals surface area contributed by atoms with Crippen molar-refractivity contribution in [1.82, 2.24) is 30.0 Å². The van der Waals surface area contributed by atoms with Gasteiger partial charge in [-0.3, -0.25) is 9.78 Å². The van der Waals surface area contributed by atoms with Crippen molar-refractivity contribution in [3.63, 3.8) is 0 Å². The zero-order valence-electron chi connectivity index (χ0n) is 16.9. The van der Waals surface area contributed by atoms with Crippen molar-refractivity contribution in [3.8, 4) is 11.3 Å². The Hall–Kier alpha value is -3.16. The second kappa shape index (κ2) is 8.06. The zero-order chi connectivity index (χ0) is 20.4. The molecule has 8 heteroatoms. The fraction of sp³-hybridized carbons (Fsp3) is 0.429. The summed E-state index contributed by atoms with van der Waals surface area (Å²) in [6.07, 6.45) is 8.75. The van der Waals surface area contributed by atoms with E-state index < -0.39 is 0 Å². The minimum absolute atomic E-state index is 0.0199. The number of aromatic nitrogens is 5. The zero-order valence-corrected chi connectivity index (χ0v) is 16.9. The molecule has 150 valence electrons. The van der Waals surface area contributed by atoms with Gasteiger partial charge in [-0.05, 0) is 52.5 Å². The Kier molecular flexibility index (Phi) is 5.33. The molecule has 1 aliphatic rings. The second-order valence-corrected chi connectivity index (χ2v) is 7.42. The van der Waals surface area contributed by atoms with Crippen LogP contribution in [0.1, 0.15) is 52.7 Å². The van der Waals surface area contributed by atoms with Crippen molar-refractivity contribution in [2.45, 2.75) is 52.5 Å². The fourth-order valence-electron chi connectivity index (χ4n) is 3.94. The van der Waals surface area contributed by atoms with Gasteiger partial charge in [0.1, 0.15) is 17.3 Å². The minimum atomic E-state index is -0.0199. The third kappa shape index (κ3) is 4.01. The molecule has 3 aromatic heterocycles. The normalized spacial score (nSPS) is 16.4. The predicted octanol–water partition coefficient (Wildman–Crippen LogP) is 3.08. The van der Waals surface area contributed by atoms with Gasteiger partial charge in [0.15, 0.2) is 0 Å². The molecule has 4 rings (SSSR count). The van der Waals surface area contributed by atoms with Crippen LogP contribution >= 0.6 is 0 Å². The number of aryl methyl sites for hydroxylation is 4. The maximum Gasteiger partial charge on any atom is 0.272 e. The lowest BCUT2D eigenvalue weighted by molar-refractivity contribution is 0.0724. The molecule has 0 spiro atoms. The average molecular weight is 392 g/mol. The summed E-state index contributed by atoms with van der Waals surface area (Å²) in [6, 6.07) is 1.87. The van der Waals surface area contributed by atoms with Crippen LogP contribution in [0.5, 0.6) is 0 Å². The van der Waals surface area contributed by atoms with Crippen molar-refractivity contribution in [2.75, 3.05) is 6.54 Å². The van der Waals surface area contributed by atoms with Crippen LogP contribution in [0.4, 0.5) is 0 Å². The van der Waals surface area contributed by atoms with Gasteiger partial charge in [0.25, 0.3) is 5.91 Å². The number of carbonyl (C=O) groups excluding carboxylic acids is 1. The van der Waals surface area contributed by atoms with E-state index in [0.717, 1.165) is 60.6 Å². The first-order chi connectivity index (χ1) is 14.0. The van der Waals surface area contributed by atoms with E-state index >= 15 is 0 Å². The van der Waals surface area contributed by atoms with E-state index in [1.807, 2.05) is 18.7 Å². The Morgan fingerprint density at radius 3 is 2.86 bits per heavy atom. The molecule has 0 saturated carbocycles. The summed E-state index contributed by atoms with van der Waals surface area (Å²) in [7, 11) is 0. The van der Waals surface area contributed by atoms with Gasteiger partial charge in [-0.25, -0.2) is 15.0 Å². The van der Waals surface area contributed by atoms with E-state index in [-0.39, 0.29) is 11.9 Å². The number of rotatable bonds is 5. The summed E-state index contributed by atoms with van der Waals surface area (Å²) >= 11 is 0. The van der Waals surface area contributed by atoms with Gasteiger partial charge in [-0.1, -0.05) is 5.16 Å². The molecule has 0 radical (unpaired) electrons. The summed E-state index contributed by atoms with van der Waals surface area (Å²) in [6.45, 7) is 6.33. The SMILES string of the molecule is Cc1nccc(C(=O)N2CCC[C@@H]2CCc2cncc(-c3c(C)noc3C)n2)n1. The Morgan fingerprint density at radius 1 is 1.24 bits per heavy atom. The summed E-state index contributed by atoms with van der Waals surface area (Å²) in [5, 5.41) is 4.00. The van der Waals surface area contributed by atoms with E-state index in [1.54, 1.807) is 31.6 Å². The molecule has 1 amide bonds. The number of hydrogen-bond acceptors (Lipinski definition) is 7. The summed E-state index contributed by atoms with van der Waals surface area (Å²) in [5.41, 5.74) is 3.84. The molecule has 0 aliphatic carbocycles. The van der Waals surface area contributed by atoms with Gasteiger partial charge < -0.3 is 9.42 Å². The topological polar surface area (TPSA) is 97.9 Å². The van der Waals surface area contributed by atoms with Gasteiger partial charge in [-0.15, -0.1) is 0 Å². The molecule has 8 nitrogen and oxygen atoms in total. The largest absolute Gasteiger partial charge is 0.361 e. The first kappa shape index (κ1) is 19.2. The molecule has 1 fully saturated rings. The van der Waals surface area contributed by atoms with Crippen LogP contribution in [0, 0.1) is 20.8 Å². The van der Waals surface area contributed by atoms with E-state index in [4.69, 9.17) is 9.51 Å². The van der Waals surface area contributed by atoms with Gasteiger partial charge >= 0.3 is 0 Å². The summed E-state index contributed by atoms with van der Waals surface area (Å²) < 4.78 is 5.25. The van der Waals surface area contributed by atoms with E-state index in [2.05, 4.69) is 20.1 Å². The minimum Gasteiger partial charge on any atom is -0.361 e. The lowest BCUT2D eigenvalue weighted by atomic mass is 10.1. The third-order valence-electron chi connectivity index (χ3n) is 5.34. The first-order valence-electron chi connectivity index (χ1n) is 9.87. The molecule has 0 aromatic carbocycles. The van der Waals surface area contributed by atoms with Crippen molar-refractivity contribution < 1.29 is 9.32 Å². The molecule has 1 atom stereocenters. The van der Waals surface area contributed by atoms with E-state index in [9.17, 15) is 4.79 Å². The average Bonchev–Trinajstić information content (AvgIpc) is 3.32. The second-order valence-electron chi connectivity index (χ2n) is 7.42. The molecule has 3 aromatic rings. The van der Waals surface area contributed by atoms with E-state index in [1.165, 1.54) is 0 Å². The van der Waals surface area contributed by atoms with Gasteiger partial charge in [0.2, 0.25) is 0 Å². The maximum absolute atomic E-state index is 12.9. The smallest absolute Gasteiger partial charge is 0.272 e. The van der Waals surface area contributed by atoms with Crippen LogP contribution in [0.2, 0.25) is 0 Å². The lowest BCUT2D eigenvalue weighted by Gasteiger charge is -2.24. The van der Waals surface area contributed by atoms with Crippen LogP contribution in [-0.4, -0.2) is 48.5 Å². The molecule has 0 N–H and O–H groups in total. The summed E-state index contributed by atoms with van der Waals surface area (Å²) in [4.78, 5) is 32.3. The monoisotopic (exact) mass is 392 g/mol. The molecular weight excluding hydrogens is 368 g/mol. The van der Waals surface area contributed by atoms with Crippen LogP contribution in [0.15, 0.2) is 29.2 Å². The lowest BCUT2D eigenvalue weighted by Crippen LogP contribution is -2.36. The molecule has 0 unspecified atom stereocenters. The Labute approximate surface area is 169 Å². The molecule has 4 heterocycles. The number of likely N-dealkylation sites (tertiary alicyclic amines) is 1. The summed E-state index contributed by atoms with van der Waals surface area (Å²) in [5.74, 6) is 1.33. The van der Waals surface area contributed by atoms with Gasteiger partial charge in [-0.2, -0.15) is 0 Å². The Balaban J connectivity index is 1.46. The third-order valence-corrected chi connectivity index (χ3v) is 5.34. The van der Waals surface area contributed by atoms with Crippen LogP contribution in [0.3, 0.4) is 0 Å². The highest BCUT2D eigenvalue weighted by molar-refractivity contribution is 5.92. The highest BCUT2D eigenvalue weighted by Crippen LogP contribution is 2.26. The fourth-order valence-corrected chi connectivity index (χ4v) is 3.94. The molecule has 1 aliphatic heterocycles. The van der Waals surface area contributed by atoms with Crippen molar-refractivity contribution >= 4 is 5.91 Å².